The Morgan fingerprint density at radius 2 is 1.89 bits per heavy atom. The van der Waals surface area contributed by atoms with Crippen LogP contribution < -0.4 is 5.32 Å². The maximum Gasteiger partial charge on any atom is 0.294 e. The average Bonchev–Trinajstić information content (AvgIpc) is 3.38. The number of furan rings is 1. The highest BCUT2D eigenvalue weighted by atomic mass is 35.5. The number of hydrogen-bond acceptors (Lipinski definition) is 7. The Labute approximate surface area is 215 Å². The van der Waals surface area contributed by atoms with Crippen LogP contribution in [0.15, 0.2) is 51.8 Å². The first-order valence-electron chi connectivity index (χ1n) is 10.7. The molecular weight excluding hydrogens is 506 g/mol. The van der Waals surface area contributed by atoms with Crippen molar-refractivity contribution in [3.05, 3.63) is 85.0 Å². The smallest absolute Gasteiger partial charge is 0.294 e. The maximum absolute atomic E-state index is 12.8. The molecule has 36 heavy (non-hydrogen) atoms. The van der Waals surface area contributed by atoms with Crippen molar-refractivity contribution in [2.75, 3.05) is 11.9 Å². The first-order chi connectivity index (χ1) is 17.0. The maximum atomic E-state index is 12.8. The van der Waals surface area contributed by atoms with E-state index in [9.17, 15) is 24.5 Å². The second-order valence-corrected chi connectivity index (χ2v) is 9.60. The highest BCUT2D eigenvalue weighted by Crippen LogP contribution is 2.35. The van der Waals surface area contributed by atoms with Gasteiger partial charge in [0.2, 0.25) is 5.91 Å². The van der Waals surface area contributed by atoms with E-state index >= 15 is 0 Å². The molecule has 1 aromatic heterocycles. The van der Waals surface area contributed by atoms with Crippen LogP contribution in [0.3, 0.4) is 0 Å². The molecule has 1 aliphatic heterocycles. The van der Waals surface area contributed by atoms with Gasteiger partial charge in [-0.1, -0.05) is 17.7 Å². The van der Waals surface area contributed by atoms with Crippen LogP contribution in [-0.4, -0.2) is 33.4 Å². The molecule has 0 spiro atoms. The van der Waals surface area contributed by atoms with E-state index in [0.29, 0.717) is 39.4 Å². The van der Waals surface area contributed by atoms with E-state index in [1.165, 1.54) is 12.1 Å². The molecule has 2 heterocycles. The van der Waals surface area contributed by atoms with Crippen molar-refractivity contribution in [2.24, 2.45) is 0 Å². The lowest BCUT2D eigenvalue weighted by atomic mass is 10.0. The molecule has 0 aliphatic carbocycles. The average molecular weight is 526 g/mol. The summed E-state index contributed by atoms with van der Waals surface area (Å²) in [5, 5.41) is 13.9. The Balaban J connectivity index is 1.50. The van der Waals surface area contributed by atoms with E-state index in [2.05, 4.69) is 5.32 Å². The van der Waals surface area contributed by atoms with Gasteiger partial charge in [-0.15, -0.1) is 0 Å². The van der Waals surface area contributed by atoms with Crippen LogP contribution in [0.1, 0.15) is 22.5 Å². The van der Waals surface area contributed by atoms with Gasteiger partial charge in [-0.25, -0.2) is 0 Å². The number of nitro groups is 1. The molecule has 1 saturated heterocycles. The molecule has 1 aliphatic rings. The van der Waals surface area contributed by atoms with E-state index in [4.69, 9.17) is 16.0 Å². The fourth-order valence-electron chi connectivity index (χ4n) is 3.59. The van der Waals surface area contributed by atoms with Gasteiger partial charge in [0, 0.05) is 34.0 Å². The number of nitrogens with zero attached hydrogens (tertiary/aromatic N) is 2. The van der Waals surface area contributed by atoms with Crippen molar-refractivity contribution in [2.45, 2.75) is 20.8 Å². The van der Waals surface area contributed by atoms with Crippen molar-refractivity contribution >= 4 is 57.9 Å². The molecule has 0 saturated carbocycles. The number of benzene rings is 2. The van der Waals surface area contributed by atoms with Gasteiger partial charge in [-0.3, -0.25) is 29.4 Å². The molecule has 184 valence electrons. The molecule has 2 aromatic carbocycles. The van der Waals surface area contributed by atoms with Crippen molar-refractivity contribution in [3.8, 4) is 11.3 Å². The Kier molecular flexibility index (Phi) is 7.00. The lowest BCUT2D eigenvalue weighted by Gasteiger charge is -2.13. The third kappa shape index (κ3) is 5.19. The Morgan fingerprint density at radius 1 is 1.14 bits per heavy atom. The molecule has 4 rings (SSSR count). The molecule has 0 atom stereocenters. The molecule has 3 amide bonds. The number of halogens is 1. The number of amides is 3. The number of carbonyl (C=O) groups is 3. The van der Waals surface area contributed by atoms with Gasteiger partial charge in [0.15, 0.2) is 0 Å². The number of carbonyl (C=O) groups excluding carboxylic acids is 3. The lowest BCUT2D eigenvalue weighted by molar-refractivity contribution is -0.385. The second kappa shape index (κ2) is 10.00. The number of rotatable bonds is 6. The number of anilines is 1. The van der Waals surface area contributed by atoms with Crippen LogP contribution in [0.4, 0.5) is 16.2 Å². The van der Waals surface area contributed by atoms with Gasteiger partial charge in [-0.2, -0.15) is 0 Å². The van der Waals surface area contributed by atoms with Crippen molar-refractivity contribution in [3.63, 3.8) is 0 Å². The van der Waals surface area contributed by atoms with E-state index in [1.54, 1.807) is 57.2 Å². The summed E-state index contributed by atoms with van der Waals surface area (Å²) in [5.41, 5.74) is 3.08. The van der Waals surface area contributed by atoms with Crippen molar-refractivity contribution < 1.29 is 23.7 Å². The summed E-state index contributed by atoms with van der Waals surface area (Å²) < 4.78 is 5.78. The number of thioether (sulfide) groups is 1. The predicted octanol–water partition coefficient (Wildman–Crippen LogP) is 6.11. The third-order valence-corrected chi connectivity index (χ3v) is 6.81. The summed E-state index contributed by atoms with van der Waals surface area (Å²) in [6.45, 7) is 4.79. The fraction of sp³-hybridized carbons (Fsp3) is 0.160. The lowest BCUT2D eigenvalue weighted by Crippen LogP contribution is -2.36. The van der Waals surface area contributed by atoms with E-state index in [-0.39, 0.29) is 16.4 Å². The minimum absolute atomic E-state index is 0.0182. The molecule has 9 nitrogen and oxygen atoms in total. The summed E-state index contributed by atoms with van der Waals surface area (Å²) in [5.74, 6) is -0.499. The van der Waals surface area contributed by atoms with Gasteiger partial charge in [0.1, 0.15) is 18.1 Å². The van der Waals surface area contributed by atoms with Crippen LogP contribution >= 0.6 is 23.4 Å². The minimum Gasteiger partial charge on any atom is -0.457 e. The number of nitrogens with one attached hydrogen (secondary N) is 1. The third-order valence-electron chi connectivity index (χ3n) is 5.67. The molecule has 3 aromatic rings. The number of imide groups is 1. The Bertz CT molecular complexity index is 1460. The summed E-state index contributed by atoms with van der Waals surface area (Å²) in [4.78, 5) is 49.6. The summed E-state index contributed by atoms with van der Waals surface area (Å²) in [6.07, 6.45) is 1.41. The second-order valence-electron chi connectivity index (χ2n) is 8.17. The zero-order valence-electron chi connectivity index (χ0n) is 19.5. The molecule has 11 heteroatoms. The minimum atomic E-state index is -0.622. The highest BCUT2D eigenvalue weighted by molar-refractivity contribution is 8.18. The normalized spacial score (nSPS) is 14.6. The highest BCUT2D eigenvalue weighted by Gasteiger charge is 2.36. The number of aryl methyl sites for hydroxylation is 2. The predicted molar refractivity (Wildman–Crippen MR) is 138 cm³/mol. The standard InChI is InChI=1S/C25H20ClN3O6S/c1-13-4-5-17(26)10-19(13)27-23(30)12-28-24(31)22(36-25(28)32)11-18-6-7-21(35-18)16-8-14(2)15(3)20(9-16)29(33)34/h4-11H,12H2,1-3H3,(H,27,30)/b22-11+. The molecular formula is C25H20ClN3O6S. The molecule has 1 fully saturated rings. The molecule has 0 unspecified atom stereocenters. The van der Waals surface area contributed by atoms with Crippen LogP contribution in [0.2, 0.25) is 5.02 Å². The van der Waals surface area contributed by atoms with Gasteiger partial charge in [-0.05, 0) is 74.0 Å². The topological polar surface area (TPSA) is 123 Å². The fourth-order valence-corrected chi connectivity index (χ4v) is 4.58. The zero-order valence-corrected chi connectivity index (χ0v) is 21.0. The van der Waals surface area contributed by atoms with Gasteiger partial charge >= 0.3 is 0 Å². The monoisotopic (exact) mass is 525 g/mol. The van der Waals surface area contributed by atoms with E-state index in [0.717, 1.165) is 16.0 Å². The zero-order chi connectivity index (χ0) is 26.1. The Hall–Kier alpha value is -3.89. The van der Waals surface area contributed by atoms with Crippen molar-refractivity contribution in [1.82, 2.24) is 4.90 Å². The first-order valence-corrected chi connectivity index (χ1v) is 11.9. The van der Waals surface area contributed by atoms with Crippen LogP contribution in [0, 0.1) is 30.9 Å². The molecule has 1 N–H and O–H groups in total. The Morgan fingerprint density at radius 3 is 2.61 bits per heavy atom. The SMILES string of the molecule is Cc1ccc(Cl)cc1NC(=O)CN1C(=O)S/C(=C/c2ccc(-c3cc(C)c(C)c([N+](=O)[O-])c3)o2)C1=O. The summed E-state index contributed by atoms with van der Waals surface area (Å²) in [7, 11) is 0. The largest absolute Gasteiger partial charge is 0.457 e. The van der Waals surface area contributed by atoms with Gasteiger partial charge in [0.05, 0.1) is 9.83 Å². The molecule has 0 radical (unpaired) electrons. The summed E-state index contributed by atoms with van der Waals surface area (Å²) >= 11 is 6.66. The van der Waals surface area contributed by atoms with Crippen LogP contribution in [0.5, 0.6) is 0 Å². The molecule has 0 bridgehead atoms. The number of nitro benzene ring substituents is 1. The van der Waals surface area contributed by atoms with Crippen LogP contribution in [0.25, 0.3) is 17.4 Å². The van der Waals surface area contributed by atoms with Crippen molar-refractivity contribution in [1.29, 1.82) is 0 Å². The first kappa shape index (κ1) is 25.2. The van der Waals surface area contributed by atoms with E-state index in [1.807, 2.05) is 0 Å². The summed E-state index contributed by atoms with van der Waals surface area (Å²) in [6, 6.07) is 11.5. The number of hydrogen-bond donors (Lipinski definition) is 1. The van der Waals surface area contributed by atoms with Gasteiger partial charge < -0.3 is 9.73 Å². The van der Waals surface area contributed by atoms with Gasteiger partial charge in [0.25, 0.3) is 16.8 Å². The van der Waals surface area contributed by atoms with E-state index < -0.39 is 28.5 Å². The van der Waals surface area contributed by atoms with Crippen LogP contribution in [-0.2, 0) is 9.59 Å². The quantitative estimate of drug-likeness (QED) is 0.234.